The third-order valence-corrected chi connectivity index (χ3v) is 18.0. The lowest BCUT2D eigenvalue weighted by Gasteiger charge is -2.46. The molecule has 4 saturated heterocycles. The molecule has 1 aromatic carbocycles. The van der Waals surface area contributed by atoms with Gasteiger partial charge in [0.1, 0.15) is 17.6 Å². The molecule has 1 aromatic rings. The normalized spacial score (nSPS) is 42.7. The highest BCUT2D eigenvalue weighted by Crippen LogP contribution is 2.60. The van der Waals surface area contributed by atoms with E-state index in [0.29, 0.717) is 18.8 Å². The fraction of sp³-hybridized carbons (Fsp3) is 0.870. The Balaban J connectivity index is 0.000000199. The Bertz CT molecular complexity index is 1490. The van der Waals surface area contributed by atoms with E-state index in [-0.39, 0.29) is 78.1 Å². The van der Waals surface area contributed by atoms with E-state index >= 15 is 0 Å². The van der Waals surface area contributed by atoms with Gasteiger partial charge in [-0.1, -0.05) is 110 Å². The molecule has 6 aliphatic rings. The highest BCUT2D eigenvalue weighted by Gasteiger charge is 2.50. The van der Waals surface area contributed by atoms with Crippen LogP contribution in [0.25, 0.3) is 0 Å². The standard InChI is InChI=1S/C20H37O6P.C20H31O5PS.C6H12O/c1-6-18-15(4)16(5)19(20(23-18)22-17-10-8-7-9-11-17)26-27(21)24-13(2)12-14(3)25-27;1-6-18-15(4)16(5)19(20(22-18)27-17-10-8-7-9-11-17)25-26(21)23-13(2)12-14(3)24-26;7-6-4-2-1-3-5-6/h13-20H,6-12H2,1-5H3;7-11,13-16,18-20H,6,12H2,1-5H3;6-7H,1-5H2/t2*13-,14-,15?,16?,18?,19?,20?;/m11./s1. The SMILES string of the molecule is CCC1OC(OC2CCCCC2)C(OP2(=O)O[C@H](C)C[C@@H](C)O2)C(C)C1C.CCC1OC(Sc2ccccc2)C(OP2(=O)O[C@H](C)C[C@@H](C)O2)C(C)C1C.OC1CCCCC1. The Labute approximate surface area is 372 Å². The summed E-state index contributed by atoms with van der Waals surface area (Å²) < 4.78 is 80.0. The van der Waals surface area contributed by atoms with Gasteiger partial charge in [-0.05, 0) is 102 Å². The predicted molar refractivity (Wildman–Crippen MR) is 240 cm³/mol. The van der Waals surface area contributed by atoms with Crippen LogP contribution in [-0.4, -0.2) is 77.9 Å². The van der Waals surface area contributed by atoms with Crippen molar-refractivity contribution in [3.05, 3.63) is 30.3 Å². The molecule has 7 rings (SSSR count). The van der Waals surface area contributed by atoms with Gasteiger partial charge in [-0.2, -0.15) is 0 Å². The first-order valence-corrected chi connectivity index (χ1v) is 27.5. The predicted octanol–water partition coefficient (Wildman–Crippen LogP) is 12.7. The van der Waals surface area contributed by atoms with Crippen molar-refractivity contribution in [1.82, 2.24) is 0 Å². The summed E-state index contributed by atoms with van der Waals surface area (Å²) in [6, 6.07) is 10.1. The maximum absolute atomic E-state index is 13.2. The van der Waals surface area contributed by atoms with E-state index in [9.17, 15) is 9.13 Å². The summed E-state index contributed by atoms with van der Waals surface area (Å²) in [7, 11) is -7.26. The molecule has 2 aliphatic carbocycles. The van der Waals surface area contributed by atoms with Gasteiger partial charge >= 0.3 is 15.6 Å². The summed E-state index contributed by atoms with van der Waals surface area (Å²) in [5.41, 5.74) is -0.269. The highest BCUT2D eigenvalue weighted by atomic mass is 32.2. The molecule has 14 atom stereocenters. The molecule has 6 fully saturated rings. The molecule has 61 heavy (non-hydrogen) atoms. The summed E-state index contributed by atoms with van der Waals surface area (Å²) in [4.78, 5) is 1.10. The summed E-state index contributed by atoms with van der Waals surface area (Å²) in [6.07, 6.45) is 13.4. The number of aliphatic hydroxyl groups is 1. The third kappa shape index (κ3) is 15.3. The molecule has 0 spiro atoms. The quantitative estimate of drug-likeness (QED) is 0.223. The highest BCUT2D eigenvalue weighted by molar-refractivity contribution is 7.99. The molecule has 2 saturated carbocycles. The molecule has 0 amide bonds. The van der Waals surface area contributed by atoms with Crippen LogP contribution in [0.1, 0.15) is 159 Å². The van der Waals surface area contributed by atoms with Crippen LogP contribution in [0, 0.1) is 23.7 Å². The number of phosphoric ester groups is 2. The average Bonchev–Trinajstić information content (AvgIpc) is 3.21. The average molecular weight is 919 g/mol. The van der Waals surface area contributed by atoms with Crippen molar-refractivity contribution in [1.29, 1.82) is 0 Å². The lowest BCUT2D eigenvalue weighted by molar-refractivity contribution is -0.284. The molecular formula is C46H80O12P2S. The van der Waals surface area contributed by atoms with Crippen molar-refractivity contribution in [2.75, 3.05) is 0 Å². The Kier molecular flexibility index (Phi) is 20.7. The molecule has 352 valence electrons. The second kappa shape index (κ2) is 24.4. The molecule has 4 heterocycles. The summed E-state index contributed by atoms with van der Waals surface area (Å²) in [5, 5.41) is 8.91. The van der Waals surface area contributed by atoms with Gasteiger partial charge in [-0.3, -0.25) is 27.1 Å². The van der Waals surface area contributed by atoms with Crippen LogP contribution in [0.5, 0.6) is 0 Å². The van der Waals surface area contributed by atoms with Gasteiger partial charge in [0.2, 0.25) is 0 Å². The Morgan fingerprint density at radius 1 is 0.607 bits per heavy atom. The largest absolute Gasteiger partial charge is 0.475 e. The fourth-order valence-corrected chi connectivity index (χ4v) is 14.4. The van der Waals surface area contributed by atoms with Gasteiger partial charge in [0.25, 0.3) is 0 Å². The van der Waals surface area contributed by atoms with E-state index in [4.69, 9.17) is 46.5 Å². The molecule has 15 heteroatoms. The van der Waals surface area contributed by atoms with Gasteiger partial charge in [-0.15, -0.1) is 0 Å². The van der Waals surface area contributed by atoms with Gasteiger partial charge in [-0.25, -0.2) is 9.13 Å². The van der Waals surface area contributed by atoms with Gasteiger partial charge in [0.05, 0.1) is 48.8 Å². The third-order valence-electron chi connectivity index (χ3n) is 13.3. The summed E-state index contributed by atoms with van der Waals surface area (Å²) in [6.45, 7) is 20.5. The zero-order valence-corrected chi connectivity index (χ0v) is 41.4. The molecule has 1 N–H and O–H groups in total. The number of hydrogen-bond donors (Lipinski definition) is 1. The second-order valence-corrected chi connectivity index (χ2v) is 22.9. The minimum atomic E-state index is -3.64. The minimum Gasteiger partial charge on any atom is -0.393 e. The summed E-state index contributed by atoms with van der Waals surface area (Å²) >= 11 is 1.61. The van der Waals surface area contributed by atoms with Crippen LogP contribution >= 0.6 is 27.4 Å². The molecule has 0 radical (unpaired) electrons. The molecule has 0 aromatic heterocycles. The summed E-state index contributed by atoms with van der Waals surface area (Å²) in [5.74, 6) is 0.856. The molecular weight excluding hydrogens is 839 g/mol. The first-order chi connectivity index (χ1) is 29.0. The Hall–Kier alpha value is -0.370. The number of benzene rings is 1. The fourth-order valence-electron chi connectivity index (χ4n) is 9.49. The van der Waals surface area contributed by atoms with Crippen molar-refractivity contribution >= 4 is 27.4 Å². The first kappa shape index (κ1) is 51.6. The van der Waals surface area contributed by atoms with Crippen LogP contribution < -0.4 is 0 Å². The molecule has 10 unspecified atom stereocenters. The van der Waals surface area contributed by atoms with Crippen LogP contribution in [0.4, 0.5) is 0 Å². The molecule has 0 bridgehead atoms. The Morgan fingerprint density at radius 2 is 1.05 bits per heavy atom. The number of rotatable bonds is 10. The Morgan fingerprint density at radius 3 is 1.51 bits per heavy atom. The monoisotopic (exact) mass is 918 g/mol. The maximum Gasteiger partial charge on any atom is 0.475 e. The van der Waals surface area contributed by atoms with Gasteiger partial charge in [0, 0.05) is 17.7 Å². The topological polar surface area (TPSA) is 137 Å². The van der Waals surface area contributed by atoms with Crippen LogP contribution in [-0.2, 0) is 50.5 Å². The number of thioether (sulfide) groups is 1. The van der Waals surface area contributed by atoms with Crippen molar-refractivity contribution in [2.45, 2.75) is 237 Å². The number of phosphoric acid groups is 2. The first-order valence-electron chi connectivity index (χ1n) is 23.7. The molecule has 4 aliphatic heterocycles. The molecule has 12 nitrogen and oxygen atoms in total. The zero-order valence-electron chi connectivity index (χ0n) is 38.8. The van der Waals surface area contributed by atoms with E-state index in [1.807, 2.05) is 45.9 Å². The van der Waals surface area contributed by atoms with Crippen molar-refractivity contribution in [3.8, 4) is 0 Å². The van der Waals surface area contributed by atoms with E-state index < -0.39 is 28.0 Å². The van der Waals surface area contributed by atoms with Gasteiger partial charge in [0.15, 0.2) is 6.29 Å². The van der Waals surface area contributed by atoms with Crippen LogP contribution in [0.2, 0.25) is 0 Å². The zero-order chi connectivity index (χ0) is 44.3. The second-order valence-electron chi connectivity index (χ2n) is 18.6. The van der Waals surface area contributed by atoms with Crippen molar-refractivity contribution in [3.63, 3.8) is 0 Å². The smallest absolute Gasteiger partial charge is 0.393 e. The lowest BCUT2D eigenvalue weighted by Crippen LogP contribution is -2.52. The van der Waals surface area contributed by atoms with E-state index in [2.05, 4.69) is 53.7 Å². The van der Waals surface area contributed by atoms with E-state index in [0.717, 1.165) is 43.4 Å². The lowest BCUT2D eigenvalue weighted by atomic mass is 9.82. The van der Waals surface area contributed by atoms with Gasteiger partial charge < -0.3 is 19.3 Å². The van der Waals surface area contributed by atoms with E-state index in [1.54, 1.807) is 11.8 Å². The number of aliphatic hydroxyl groups excluding tert-OH is 1. The maximum atomic E-state index is 13.2. The number of hydrogen-bond acceptors (Lipinski definition) is 13. The minimum absolute atomic E-state index is 0.0359. The van der Waals surface area contributed by atoms with E-state index in [1.165, 1.54) is 38.5 Å². The number of ether oxygens (including phenoxy) is 3. The van der Waals surface area contributed by atoms with Crippen LogP contribution in [0.15, 0.2) is 35.2 Å². The van der Waals surface area contributed by atoms with Crippen molar-refractivity contribution < 1.29 is 55.6 Å². The van der Waals surface area contributed by atoms with Crippen LogP contribution in [0.3, 0.4) is 0 Å². The van der Waals surface area contributed by atoms with Crippen molar-refractivity contribution in [2.24, 2.45) is 23.7 Å².